The number of hydrogen-bond donors (Lipinski definition) is 1. The van der Waals surface area contributed by atoms with E-state index < -0.39 is 0 Å². The molecule has 2 aromatic rings. The Hall–Kier alpha value is -1.68. The number of aryl methyl sites for hydroxylation is 1. The molecule has 2 N–H and O–H groups in total. The fraction of sp³-hybridized carbons (Fsp3) is 0.600. The second kappa shape index (κ2) is 5.16. The van der Waals surface area contributed by atoms with Crippen LogP contribution in [0.15, 0.2) is 24.4 Å². The van der Waals surface area contributed by atoms with Gasteiger partial charge in [0.1, 0.15) is 0 Å². The number of nitrogens with zero attached hydrogens (tertiary/aromatic N) is 3. The van der Waals surface area contributed by atoms with Gasteiger partial charge in [-0.05, 0) is 75.5 Å². The van der Waals surface area contributed by atoms with Crippen molar-refractivity contribution in [3.8, 4) is 11.3 Å². The lowest BCUT2D eigenvalue weighted by atomic mass is 9.50. The average molecular weight is 322 g/mol. The third-order valence-corrected chi connectivity index (χ3v) is 6.38. The van der Waals surface area contributed by atoms with E-state index in [1.165, 1.54) is 49.8 Å². The van der Waals surface area contributed by atoms with Crippen LogP contribution in [-0.2, 0) is 0 Å². The van der Waals surface area contributed by atoms with Gasteiger partial charge in [-0.15, -0.1) is 0 Å². The molecule has 3 aliphatic carbocycles. The Morgan fingerprint density at radius 3 is 2.67 bits per heavy atom. The molecule has 3 saturated carbocycles. The van der Waals surface area contributed by atoms with E-state index in [0.29, 0.717) is 17.4 Å². The van der Waals surface area contributed by atoms with Gasteiger partial charge in [0, 0.05) is 23.4 Å². The summed E-state index contributed by atoms with van der Waals surface area (Å²) in [4.78, 5) is 4.74. The summed E-state index contributed by atoms with van der Waals surface area (Å²) in [5, 5.41) is 5.02. The molecule has 0 radical (unpaired) electrons. The fourth-order valence-electron chi connectivity index (χ4n) is 4.93. The summed E-state index contributed by atoms with van der Waals surface area (Å²) in [6.07, 6.45) is 10.1. The Morgan fingerprint density at radius 1 is 1.21 bits per heavy atom. The molecule has 3 fully saturated rings. The molecule has 24 heavy (non-hydrogen) atoms. The third kappa shape index (κ3) is 2.31. The lowest BCUT2D eigenvalue weighted by Gasteiger charge is -2.57. The van der Waals surface area contributed by atoms with Gasteiger partial charge >= 0.3 is 0 Å². The first-order valence-corrected chi connectivity index (χ1v) is 9.39. The molecular formula is C20H26N4. The largest absolute Gasteiger partial charge is 0.330 e. The van der Waals surface area contributed by atoms with E-state index in [-0.39, 0.29) is 0 Å². The van der Waals surface area contributed by atoms with E-state index in [1.54, 1.807) is 0 Å². The molecule has 1 spiro atoms. The van der Waals surface area contributed by atoms with Crippen LogP contribution in [0.5, 0.6) is 0 Å². The zero-order chi connectivity index (χ0) is 16.3. The summed E-state index contributed by atoms with van der Waals surface area (Å²) >= 11 is 0. The van der Waals surface area contributed by atoms with Gasteiger partial charge < -0.3 is 5.73 Å². The molecule has 2 heterocycles. The van der Waals surface area contributed by atoms with Crippen LogP contribution in [-0.4, -0.2) is 21.3 Å². The normalized spacial score (nSPS) is 31.8. The number of aromatic nitrogens is 3. The molecule has 0 unspecified atom stereocenters. The van der Waals surface area contributed by atoms with E-state index >= 15 is 0 Å². The molecule has 0 amide bonds. The molecule has 4 heteroatoms. The Labute approximate surface area is 143 Å². The van der Waals surface area contributed by atoms with Crippen molar-refractivity contribution in [1.29, 1.82) is 0 Å². The Morgan fingerprint density at radius 2 is 2.00 bits per heavy atom. The Balaban J connectivity index is 1.40. The van der Waals surface area contributed by atoms with Crippen LogP contribution >= 0.6 is 0 Å². The quantitative estimate of drug-likeness (QED) is 0.931. The van der Waals surface area contributed by atoms with Crippen molar-refractivity contribution in [2.75, 3.05) is 6.54 Å². The summed E-state index contributed by atoms with van der Waals surface area (Å²) < 4.78 is 2.26. The van der Waals surface area contributed by atoms with Gasteiger partial charge in [0.2, 0.25) is 0 Å². The maximum atomic E-state index is 5.79. The maximum Gasteiger partial charge on any atom is 0.0749 e. The summed E-state index contributed by atoms with van der Waals surface area (Å²) in [7, 11) is 0. The molecule has 0 saturated heterocycles. The number of hydrogen-bond acceptors (Lipinski definition) is 3. The monoisotopic (exact) mass is 322 g/mol. The minimum atomic E-state index is 0.583. The first kappa shape index (κ1) is 14.6. The summed E-state index contributed by atoms with van der Waals surface area (Å²) in [5.41, 5.74) is 11.1. The molecule has 3 aliphatic rings. The van der Waals surface area contributed by atoms with Gasteiger partial charge in [0.25, 0.3) is 0 Å². The lowest BCUT2D eigenvalue weighted by molar-refractivity contribution is -0.0618. The molecule has 0 atom stereocenters. The second-order valence-electron chi connectivity index (χ2n) is 8.42. The predicted molar refractivity (Wildman–Crippen MR) is 94.7 cm³/mol. The zero-order valence-corrected chi connectivity index (χ0v) is 14.4. The molecule has 5 rings (SSSR count). The standard InChI is InChI=1S/C20H26N4/c1-13-3-2-4-18(22-13)17-12-24(23-19(17)15-5-6-15)16-9-20(10-16)7-14(8-20)11-21/h2-4,12,14-16H,5-11,21H2,1H3. The average Bonchev–Trinajstić information content (AvgIpc) is 3.25. The Bertz CT molecular complexity index is 760. The van der Waals surface area contributed by atoms with Crippen molar-refractivity contribution in [1.82, 2.24) is 14.8 Å². The maximum absolute atomic E-state index is 5.79. The van der Waals surface area contributed by atoms with Crippen molar-refractivity contribution in [3.63, 3.8) is 0 Å². The number of rotatable bonds is 4. The summed E-state index contributed by atoms with van der Waals surface area (Å²) in [5.74, 6) is 1.43. The summed E-state index contributed by atoms with van der Waals surface area (Å²) in [6, 6.07) is 6.87. The third-order valence-electron chi connectivity index (χ3n) is 6.38. The highest BCUT2D eigenvalue weighted by Crippen LogP contribution is 2.62. The highest BCUT2D eigenvalue weighted by atomic mass is 15.3. The molecular weight excluding hydrogens is 296 g/mol. The SMILES string of the molecule is Cc1cccc(-c2cn(C3CC4(CC(CN)C4)C3)nc2C2CC2)n1. The van der Waals surface area contributed by atoms with E-state index in [1.807, 2.05) is 0 Å². The molecule has 126 valence electrons. The second-order valence-corrected chi connectivity index (χ2v) is 8.42. The lowest BCUT2D eigenvalue weighted by Crippen LogP contribution is -2.50. The van der Waals surface area contributed by atoms with Crippen LogP contribution < -0.4 is 5.73 Å². The molecule has 2 aromatic heterocycles. The van der Waals surface area contributed by atoms with Crippen molar-refractivity contribution in [2.45, 2.75) is 57.4 Å². The van der Waals surface area contributed by atoms with Crippen LogP contribution in [0.3, 0.4) is 0 Å². The van der Waals surface area contributed by atoms with Crippen LogP contribution in [0.4, 0.5) is 0 Å². The summed E-state index contributed by atoms with van der Waals surface area (Å²) in [6.45, 7) is 2.92. The highest BCUT2D eigenvalue weighted by molar-refractivity contribution is 5.62. The smallest absolute Gasteiger partial charge is 0.0749 e. The van der Waals surface area contributed by atoms with Gasteiger partial charge in [0.15, 0.2) is 0 Å². The van der Waals surface area contributed by atoms with Crippen molar-refractivity contribution in [2.24, 2.45) is 17.1 Å². The van der Waals surface area contributed by atoms with Crippen molar-refractivity contribution in [3.05, 3.63) is 35.8 Å². The zero-order valence-electron chi connectivity index (χ0n) is 14.4. The van der Waals surface area contributed by atoms with Crippen molar-refractivity contribution < 1.29 is 0 Å². The van der Waals surface area contributed by atoms with Gasteiger partial charge in [-0.2, -0.15) is 5.10 Å². The van der Waals surface area contributed by atoms with Crippen LogP contribution in [0.1, 0.15) is 61.9 Å². The molecule has 4 nitrogen and oxygen atoms in total. The highest BCUT2D eigenvalue weighted by Gasteiger charge is 2.53. The minimum Gasteiger partial charge on any atom is -0.330 e. The molecule has 0 aromatic carbocycles. The number of pyridine rings is 1. The van der Waals surface area contributed by atoms with E-state index in [4.69, 9.17) is 15.8 Å². The van der Waals surface area contributed by atoms with E-state index in [9.17, 15) is 0 Å². The topological polar surface area (TPSA) is 56.7 Å². The molecule has 0 aliphatic heterocycles. The van der Waals surface area contributed by atoms with Gasteiger partial charge in [-0.1, -0.05) is 6.07 Å². The number of nitrogens with two attached hydrogens (primary N) is 1. The van der Waals surface area contributed by atoms with Crippen LogP contribution in [0, 0.1) is 18.3 Å². The van der Waals surface area contributed by atoms with Crippen molar-refractivity contribution >= 4 is 0 Å². The minimum absolute atomic E-state index is 0.583. The predicted octanol–water partition coefficient (Wildman–Crippen LogP) is 3.82. The van der Waals surface area contributed by atoms with E-state index in [0.717, 1.165) is 23.9 Å². The molecule has 0 bridgehead atoms. The van der Waals surface area contributed by atoms with E-state index in [2.05, 4.69) is 36.0 Å². The first-order chi connectivity index (χ1) is 11.7. The van der Waals surface area contributed by atoms with Gasteiger partial charge in [-0.3, -0.25) is 9.67 Å². The van der Waals surface area contributed by atoms with Crippen LogP contribution in [0.25, 0.3) is 11.3 Å². The first-order valence-electron chi connectivity index (χ1n) is 9.39. The van der Waals surface area contributed by atoms with Gasteiger partial charge in [-0.25, -0.2) is 0 Å². The van der Waals surface area contributed by atoms with Crippen LogP contribution in [0.2, 0.25) is 0 Å². The Kier molecular flexibility index (Phi) is 3.15. The fourth-order valence-corrected chi connectivity index (χ4v) is 4.93. The van der Waals surface area contributed by atoms with Gasteiger partial charge in [0.05, 0.1) is 17.4 Å².